The molecule has 0 bridgehead atoms. The minimum absolute atomic E-state index is 0.300. The third-order valence-corrected chi connectivity index (χ3v) is 4.74. The number of sulfonamides is 1. The number of aliphatic hydroxyl groups is 1. The van der Waals surface area contributed by atoms with E-state index in [4.69, 9.17) is 5.11 Å². The number of rotatable bonds is 5. The standard InChI is InChI=1S/C10H14FNO5S2/c1-7(13)6-12-19(16,17)10-5-8(18(2,14)15)3-4-9(10)11/h3-5,7,12-13H,6H2,1-2H3. The topological polar surface area (TPSA) is 101 Å². The molecule has 108 valence electrons. The lowest BCUT2D eigenvalue weighted by molar-refractivity contribution is 0.198. The van der Waals surface area contributed by atoms with Crippen molar-refractivity contribution in [2.45, 2.75) is 22.8 Å². The van der Waals surface area contributed by atoms with E-state index in [0.717, 1.165) is 24.5 Å². The Morgan fingerprint density at radius 1 is 1.32 bits per heavy atom. The van der Waals surface area contributed by atoms with Gasteiger partial charge < -0.3 is 5.11 Å². The lowest BCUT2D eigenvalue weighted by atomic mass is 10.3. The summed E-state index contributed by atoms with van der Waals surface area (Å²) in [6, 6.07) is 2.50. The lowest BCUT2D eigenvalue weighted by Crippen LogP contribution is -2.31. The van der Waals surface area contributed by atoms with Crippen molar-refractivity contribution in [1.29, 1.82) is 0 Å². The molecule has 0 aliphatic rings. The van der Waals surface area contributed by atoms with Gasteiger partial charge in [0.25, 0.3) is 0 Å². The molecule has 1 atom stereocenters. The van der Waals surface area contributed by atoms with Crippen LogP contribution in [-0.4, -0.2) is 40.8 Å². The molecule has 0 amide bonds. The predicted molar refractivity (Wildman–Crippen MR) is 66.4 cm³/mol. The molecule has 1 unspecified atom stereocenters. The third-order valence-electron chi connectivity index (χ3n) is 2.19. The summed E-state index contributed by atoms with van der Waals surface area (Å²) in [6.45, 7) is 1.05. The van der Waals surface area contributed by atoms with Crippen LogP contribution in [0, 0.1) is 5.82 Å². The van der Waals surface area contributed by atoms with Gasteiger partial charge in [-0.3, -0.25) is 0 Å². The molecule has 0 saturated heterocycles. The summed E-state index contributed by atoms with van der Waals surface area (Å²) in [6.07, 6.45) is -0.0595. The van der Waals surface area contributed by atoms with E-state index >= 15 is 0 Å². The van der Waals surface area contributed by atoms with Crippen LogP contribution in [0.15, 0.2) is 28.0 Å². The molecule has 1 rings (SSSR count). The Labute approximate surface area is 111 Å². The van der Waals surface area contributed by atoms with E-state index < -0.39 is 36.7 Å². The van der Waals surface area contributed by atoms with Gasteiger partial charge >= 0.3 is 0 Å². The van der Waals surface area contributed by atoms with Crippen LogP contribution in [0.4, 0.5) is 4.39 Å². The SMILES string of the molecule is CC(O)CNS(=O)(=O)c1cc(S(C)(=O)=O)ccc1F. The normalized spacial score (nSPS) is 14.3. The van der Waals surface area contributed by atoms with Crippen LogP contribution in [0.1, 0.15) is 6.92 Å². The smallest absolute Gasteiger partial charge is 0.243 e. The molecule has 1 aromatic carbocycles. The fraction of sp³-hybridized carbons (Fsp3) is 0.400. The van der Waals surface area contributed by atoms with Crippen LogP contribution >= 0.6 is 0 Å². The van der Waals surface area contributed by atoms with Gasteiger partial charge in [-0.1, -0.05) is 0 Å². The molecule has 0 fully saturated rings. The van der Waals surface area contributed by atoms with Gasteiger partial charge in [0.2, 0.25) is 10.0 Å². The van der Waals surface area contributed by atoms with Gasteiger partial charge in [-0.05, 0) is 25.1 Å². The van der Waals surface area contributed by atoms with Crippen LogP contribution < -0.4 is 4.72 Å². The van der Waals surface area contributed by atoms with Crippen molar-refractivity contribution < 1.29 is 26.3 Å². The Kier molecular flexibility index (Phi) is 4.67. The zero-order chi connectivity index (χ0) is 14.8. The van der Waals surface area contributed by atoms with E-state index in [1.807, 2.05) is 4.72 Å². The number of sulfone groups is 1. The Balaban J connectivity index is 3.27. The average molecular weight is 311 g/mol. The summed E-state index contributed by atoms with van der Waals surface area (Å²) < 4.78 is 61.7. The van der Waals surface area contributed by atoms with Gasteiger partial charge in [-0.2, -0.15) is 0 Å². The number of halogens is 1. The van der Waals surface area contributed by atoms with Gasteiger partial charge in [0.05, 0.1) is 11.0 Å². The molecule has 0 heterocycles. The Bertz CT molecular complexity index is 667. The average Bonchev–Trinajstić information content (AvgIpc) is 2.25. The monoisotopic (exact) mass is 311 g/mol. The summed E-state index contributed by atoms with van der Waals surface area (Å²) in [5.41, 5.74) is 0. The molecular weight excluding hydrogens is 297 g/mol. The molecule has 0 saturated carbocycles. The molecule has 2 N–H and O–H groups in total. The first-order valence-electron chi connectivity index (χ1n) is 5.21. The van der Waals surface area contributed by atoms with Crippen LogP contribution in [0.5, 0.6) is 0 Å². The Morgan fingerprint density at radius 3 is 2.37 bits per heavy atom. The molecule has 0 spiro atoms. The van der Waals surface area contributed by atoms with Gasteiger partial charge in [0.15, 0.2) is 9.84 Å². The second kappa shape index (κ2) is 5.53. The zero-order valence-electron chi connectivity index (χ0n) is 10.3. The minimum atomic E-state index is -4.22. The lowest BCUT2D eigenvalue weighted by Gasteiger charge is -2.10. The second-order valence-electron chi connectivity index (χ2n) is 4.07. The number of hydrogen-bond donors (Lipinski definition) is 2. The highest BCUT2D eigenvalue weighted by Crippen LogP contribution is 2.19. The molecular formula is C10H14FNO5S2. The number of benzene rings is 1. The molecule has 1 aromatic rings. The fourth-order valence-electron chi connectivity index (χ4n) is 1.23. The van der Waals surface area contributed by atoms with Gasteiger partial charge in [0, 0.05) is 12.8 Å². The number of aliphatic hydroxyl groups excluding tert-OH is 1. The number of nitrogens with one attached hydrogen (secondary N) is 1. The molecule has 0 radical (unpaired) electrons. The zero-order valence-corrected chi connectivity index (χ0v) is 11.9. The van der Waals surface area contributed by atoms with Crippen LogP contribution in [0.3, 0.4) is 0 Å². The van der Waals surface area contributed by atoms with Crippen molar-refractivity contribution >= 4 is 19.9 Å². The van der Waals surface area contributed by atoms with E-state index in [1.54, 1.807) is 0 Å². The first-order chi connectivity index (χ1) is 8.54. The van der Waals surface area contributed by atoms with Crippen molar-refractivity contribution in [3.05, 3.63) is 24.0 Å². The van der Waals surface area contributed by atoms with Crippen molar-refractivity contribution in [3.8, 4) is 0 Å². The molecule has 0 aliphatic heterocycles. The Hall–Kier alpha value is -1.03. The minimum Gasteiger partial charge on any atom is -0.392 e. The van der Waals surface area contributed by atoms with E-state index in [2.05, 4.69) is 0 Å². The third kappa shape index (κ3) is 4.23. The highest BCUT2D eigenvalue weighted by molar-refractivity contribution is 7.91. The van der Waals surface area contributed by atoms with E-state index in [9.17, 15) is 21.2 Å². The summed E-state index contributed by atoms with van der Waals surface area (Å²) in [4.78, 5) is -1.07. The highest BCUT2D eigenvalue weighted by Gasteiger charge is 2.22. The van der Waals surface area contributed by atoms with E-state index in [1.165, 1.54) is 6.92 Å². The molecule has 6 nitrogen and oxygen atoms in total. The maximum Gasteiger partial charge on any atom is 0.243 e. The van der Waals surface area contributed by atoms with Crippen molar-refractivity contribution in [2.24, 2.45) is 0 Å². The quantitative estimate of drug-likeness (QED) is 0.739. The number of hydrogen-bond acceptors (Lipinski definition) is 5. The summed E-state index contributed by atoms with van der Waals surface area (Å²) >= 11 is 0. The summed E-state index contributed by atoms with van der Waals surface area (Å²) in [5.74, 6) is -1.06. The molecule has 19 heavy (non-hydrogen) atoms. The van der Waals surface area contributed by atoms with Crippen LogP contribution in [0.25, 0.3) is 0 Å². The van der Waals surface area contributed by atoms with E-state index in [-0.39, 0.29) is 11.4 Å². The van der Waals surface area contributed by atoms with Crippen molar-refractivity contribution in [3.63, 3.8) is 0 Å². The Morgan fingerprint density at radius 2 is 1.89 bits per heavy atom. The summed E-state index contributed by atoms with van der Waals surface area (Å²) in [7, 11) is -7.86. The van der Waals surface area contributed by atoms with Crippen molar-refractivity contribution in [1.82, 2.24) is 4.72 Å². The fourth-order valence-corrected chi connectivity index (χ4v) is 3.17. The largest absolute Gasteiger partial charge is 0.392 e. The molecule has 9 heteroatoms. The molecule has 0 aromatic heterocycles. The van der Waals surface area contributed by atoms with Gasteiger partial charge in [-0.15, -0.1) is 0 Å². The van der Waals surface area contributed by atoms with Crippen molar-refractivity contribution in [2.75, 3.05) is 12.8 Å². The van der Waals surface area contributed by atoms with E-state index in [0.29, 0.717) is 0 Å². The first-order valence-corrected chi connectivity index (χ1v) is 8.59. The highest BCUT2D eigenvalue weighted by atomic mass is 32.2. The predicted octanol–water partition coefficient (Wildman–Crippen LogP) is -0.112. The van der Waals surface area contributed by atoms with Crippen LogP contribution in [0.2, 0.25) is 0 Å². The summed E-state index contributed by atoms with van der Waals surface area (Å²) in [5, 5.41) is 9.00. The maximum atomic E-state index is 13.5. The van der Waals surface area contributed by atoms with Gasteiger partial charge in [0.1, 0.15) is 10.7 Å². The van der Waals surface area contributed by atoms with Gasteiger partial charge in [-0.25, -0.2) is 25.9 Å². The first kappa shape index (κ1) is 16.0. The second-order valence-corrected chi connectivity index (χ2v) is 7.82. The maximum absolute atomic E-state index is 13.5. The molecule has 0 aliphatic carbocycles. The van der Waals surface area contributed by atoms with Crippen LogP contribution in [-0.2, 0) is 19.9 Å².